The minimum absolute atomic E-state index is 0.148. The number of carbonyl (C=O) groups is 1. The number of thiazole rings is 1. The summed E-state index contributed by atoms with van der Waals surface area (Å²) in [6.45, 7) is 5.41. The molecule has 1 aromatic heterocycles. The summed E-state index contributed by atoms with van der Waals surface area (Å²) in [5.74, 6) is 0.524. The SMILES string of the molecule is CCC(C)c1nc(N2CCS(=O)CC2)sc1C(=O)O. The van der Waals surface area contributed by atoms with Gasteiger partial charge in [0.2, 0.25) is 0 Å². The van der Waals surface area contributed by atoms with E-state index in [9.17, 15) is 14.1 Å². The highest BCUT2D eigenvalue weighted by atomic mass is 32.2. The Bertz CT molecular complexity index is 491. The first-order chi connectivity index (χ1) is 9.02. The van der Waals surface area contributed by atoms with Crippen molar-refractivity contribution in [1.82, 2.24) is 4.98 Å². The van der Waals surface area contributed by atoms with Gasteiger partial charge in [-0.25, -0.2) is 9.78 Å². The number of hydrogen-bond donors (Lipinski definition) is 1. The number of anilines is 1. The maximum absolute atomic E-state index is 11.3. The molecule has 7 heteroatoms. The molecule has 1 aromatic rings. The molecular weight excluding hydrogens is 284 g/mol. The fourth-order valence-electron chi connectivity index (χ4n) is 1.97. The van der Waals surface area contributed by atoms with Gasteiger partial charge in [0.05, 0.1) is 5.69 Å². The van der Waals surface area contributed by atoms with Crippen molar-refractivity contribution in [3.63, 3.8) is 0 Å². The summed E-state index contributed by atoms with van der Waals surface area (Å²) in [4.78, 5) is 18.2. The molecule has 2 rings (SSSR count). The van der Waals surface area contributed by atoms with Crippen LogP contribution in [-0.4, -0.2) is 44.9 Å². The molecule has 1 aliphatic heterocycles. The number of rotatable bonds is 4. The first-order valence-electron chi connectivity index (χ1n) is 6.36. The third-order valence-corrected chi connectivity index (χ3v) is 5.76. The van der Waals surface area contributed by atoms with Gasteiger partial charge in [-0.05, 0) is 12.3 Å². The van der Waals surface area contributed by atoms with Gasteiger partial charge in [-0.1, -0.05) is 25.2 Å². The van der Waals surface area contributed by atoms with Crippen LogP contribution in [0.15, 0.2) is 0 Å². The Morgan fingerprint density at radius 2 is 2.16 bits per heavy atom. The van der Waals surface area contributed by atoms with Crippen LogP contribution in [0.1, 0.15) is 41.6 Å². The molecule has 0 amide bonds. The second-order valence-corrected chi connectivity index (χ2v) is 7.33. The minimum atomic E-state index is -0.903. The van der Waals surface area contributed by atoms with E-state index < -0.39 is 16.8 Å². The normalized spacial score (nSPS) is 18.5. The Hall–Kier alpha value is -0.950. The summed E-state index contributed by atoms with van der Waals surface area (Å²) in [5, 5.41) is 10.0. The molecule has 0 aromatic carbocycles. The predicted molar refractivity (Wildman–Crippen MR) is 77.9 cm³/mol. The Morgan fingerprint density at radius 3 is 2.68 bits per heavy atom. The summed E-state index contributed by atoms with van der Waals surface area (Å²) < 4.78 is 11.3. The molecule has 0 bridgehead atoms. The first kappa shape index (κ1) is 14.5. The topological polar surface area (TPSA) is 70.5 Å². The van der Waals surface area contributed by atoms with E-state index in [0.29, 0.717) is 35.2 Å². The lowest BCUT2D eigenvalue weighted by molar-refractivity contribution is 0.0700. The number of nitrogens with zero attached hydrogens (tertiary/aromatic N) is 2. The Morgan fingerprint density at radius 1 is 1.53 bits per heavy atom. The van der Waals surface area contributed by atoms with Crippen molar-refractivity contribution in [2.24, 2.45) is 0 Å². The lowest BCUT2D eigenvalue weighted by Crippen LogP contribution is -2.37. The van der Waals surface area contributed by atoms with Crippen molar-refractivity contribution < 1.29 is 14.1 Å². The number of aromatic nitrogens is 1. The fraction of sp³-hybridized carbons (Fsp3) is 0.667. The van der Waals surface area contributed by atoms with E-state index in [1.807, 2.05) is 18.7 Å². The summed E-state index contributed by atoms with van der Waals surface area (Å²) in [7, 11) is -0.734. The highest BCUT2D eigenvalue weighted by Gasteiger charge is 2.25. The van der Waals surface area contributed by atoms with E-state index in [-0.39, 0.29) is 5.92 Å². The number of carboxylic acid groups (broad SMARTS) is 1. The molecule has 1 N–H and O–H groups in total. The molecule has 1 saturated heterocycles. The van der Waals surface area contributed by atoms with Crippen LogP contribution >= 0.6 is 11.3 Å². The van der Waals surface area contributed by atoms with Gasteiger partial charge in [0.15, 0.2) is 5.13 Å². The van der Waals surface area contributed by atoms with E-state index in [1.54, 1.807) is 0 Å². The molecule has 2 heterocycles. The molecule has 0 spiro atoms. The number of hydrogen-bond acceptors (Lipinski definition) is 5. The molecular formula is C12H18N2O3S2. The van der Waals surface area contributed by atoms with Crippen LogP contribution in [0.3, 0.4) is 0 Å². The van der Waals surface area contributed by atoms with Crippen molar-refractivity contribution in [1.29, 1.82) is 0 Å². The van der Waals surface area contributed by atoms with Gasteiger partial charge >= 0.3 is 5.97 Å². The van der Waals surface area contributed by atoms with E-state index >= 15 is 0 Å². The van der Waals surface area contributed by atoms with Crippen molar-refractivity contribution in [3.8, 4) is 0 Å². The Kier molecular flexibility index (Phi) is 4.57. The summed E-state index contributed by atoms with van der Waals surface area (Å²) in [6, 6.07) is 0. The van der Waals surface area contributed by atoms with Gasteiger partial charge in [0.1, 0.15) is 4.88 Å². The van der Waals surface area contributed by atoms with Crippen LogP contribution in [0.4, 0.5) is 5.13 Å². The molecule has 0 aliphatic carbocycles. The molecule has 1 aliphatic rings. The fourth-order valence-corrected chi connectivity index (χ4v) is 4.09. The highest BCUT2D eigenvalue weighted by Crippen LogP contribution is 2.32. The second-order valence-electron chi connectivity index (χ2n) is 4.66. The lowest BCUT2D eigenvalue weighted by Gasteiger charge is -2.25. The van der Waals surface area contributed by atoms with Crippen molar-refractivity contribution in [3.05, 3.63) is 10.6 Å². The lowest BCUT2D eigenvalue weighted by atomic mass is 10.0. The zero-order chi connectivity index (χ0) is 14.0. The molecule has 0 radical (unpaired) electrons. The molecule has 0 saturated carbocycles. The average molecular weight is 302 g/mol. The van der Waals surface area contributed by atoms with Gasteiger partial charge in [-0.15, -0.1) is 0 Å². The van der Waals surface area contributed by atoms with Gasteiger partial charge in [0, 0.05) is 35.4 Å². The molecule has 1 fully saturated rings. The van der Waals surface area contributed by atoms with Crippen molar-refractivity contribution >= 4 is 33.2 Å². The number of carboxylic acids is 1. The standard InChI is InChI=1S/C12H18N2O3S2/c1-3-8(2)9-10(11(15)16)18-12(13-9)14-4-6-19(17)7-5-14/h8H,3-7H2,1-2H3,(H,15,16). The van der Waals surface area contributed by atoms with Crippen LogP contribution in [0, 0.1) is 0 Å². The van der Waals surface area contributed by atoms with Crippen LogP contribution in [0.5, 0.6) is 0 Å². The Labute approximate surface area is 119 Å². The van der Waals surface area contributed by atoms with Crippen LogP contribution in [-0.2, 0) is 10.8 Å². The average Bonchev–Trinajstić information content (AvgIpc) is 2.84. The van der Waals surface area contributed by atoms with E-state index in [1.165, 1.54) is 11.3 Å². The zero-order valence-electron chi connectivity index (χ0n) is 11.1. The van der Waals surface area contributed by atoms with Crippen LogP contribution < -0.4 is 4.90 Å². The smallest absolute Gasteiger partial charge is 0.347 e. The quantitative estimate of drug-likeness (QED) is 0.920. The zero-order valence-corrected chi connectivity index (χ0v) is 12.7. The summed E-state index contributed by atoms with van der Waals surface area (Å²) >= 11 is 1.24. The van der Waals surface area contributed by atoms with Gasteiger partial charge in [-0.2, -0.15) is 0 Å². The second kappa shape index (κ2) is 6.00. The monoisotopic (exact) mass is 302 g/mol. The maximum Gasteiger partial charge on any atom is 0.347 e. The molecule has 5 nitrogen and oxygen atoms in total. The van der Waals surface area contributed by atoms with Gasteiger partial charge < -0.3 is 10.0 Å². The van der Waals surface area contributed by atoms with E-state index in [4.69, 9.17) is 0 Å². The van der Waals surface area contributed by atoms with Gasteiger partial charge in [-0.3, -0.25) is 4.21 Å². The number of aromatic carboxylic acids is 1. The molecule has 1 unspecified atom stereocenters. The maximum atomic E-state index is 11.3. The molecule has 106 valence electrons. The minimum Gasteiger partial charge on any atom is -0.477 e. The van der Waals surface area contributed by atoms with E-state index in [0.717, 1.165) is 11.6 Å². The van der Waals surface area contributed by atoms with Crippen molar-refractivity contribution in [2.75, 3.05) is 29.5 Å². The third kappa shape index (κ3) is 3.14. The largest absolute Gasteiger partial charge is 0.477 e. The molecule has 1 atom stereocenters. The van der Waals surface area contributed by atoms with Crippen LogP contribution in [0.25, 0.3) is 0 Å². The predicted octanol–water partition coefficient (Wildman–Crippen LogP) is 1.92. The third-order valence-electron chi connectivity index (χ3n) is 3.36. The Balaban J connectivity index is 2.27. The van der Waals surface area contributed by atoms with Crippen LogP contribution in [0.2, 0.25) is 0 Å². The summed E-state index contributed by atoms with van der Waals surface area (Å²) in [5.41, 5.74) is 0.682. The van der Waals surface area contributed by atoms with E-state index in [2.05, 4.69) is 4.98 Å². The first-order valence-corrected chi connectivity index (χ1v) is 8.67. The molecule has 19 heavy (non-hydrogen) atoms. The van der Waals surface area contributed by atoms with Gasteiger partial charge in [0.25, 0.3) is 0 Å². The van der Waals surface area contributed by atoms with Crippen molar-refractivity contribution in [2.45, 2.75) is 26.2 Å². The highest BCUT2D eigenvalue weighted by molar-refractivity contribution is 7.85. The summed E-state index contributed by atoms with van der Waals surface area (Å²) in [6.07, 6.45) is 0.869.